The van der Waals surface area contributed by atoms with Crippen molar-refractivity contribution in [3.05, 3.63) is 0 Å². The maximum atomic E-state index is 12.4. The Morgan fingerprint density at radius 3 is 2.59 bits per heavy atom. The summed E-state index contributed by atoms with van der Waals surface area (Å²) in [7, 11) is 2.34. The quantitative estimate of drug-likeness (QED) is 0.701. The van der Waals surface area contributed by atoms with Crippen LogP contribution in [0.5, 0.6) is 0 Å². The van der Waals surface area contributed by atoms with E-state index in [1.165, 1.54) is 0 Å². The van der Waals surface area contributed by atoms with Crippen LogP contribution in [0.1, 0.15) is 26.2 Å². The number of urea groups is 1. The van der Waals surface area contributed by atoms with E-state index in [-0.39, 0.29) is 23.7 Å². The summed E-state index contributed by atoms with van der Waals surface area (Å²) in [6.45, 7) is 3.59. The fourth-order valence-electron chi connectivity index (χ4n) is 2.79. The number of carbonyl (C=O) groups excluding carboxylic acids is 1. The van der Waals surface area contributed by atoms with Crippen molar-refractivity contribution in [2.45, 2.75) is 32.2 Å². The molecule has 130 valence electrons. The first-order chi connectivity index (χ1) is 10.3. The van der Waals surface area contributed by atoms with E-state index in [0.717, 1.165) is 12.8 Å². The molecule has 1 heterocycles. The van der Waals surface area contributed by atoms with E-state index in [0.29, 0.717) is 26.1 Å². The summed E-state index contributed by atoms with van der Waals surface area (Å²) in [5.74, 6) is 0.482. The lowest BCUT2D eigenvalue weighted by Crippen LogP contribution is -2.55. The molecule has 1 saturated heterocycles. The smallest absolute Gasteiger partial charge is 0.314 e. The van der Waals surface area contributed by atoms with E-state index in [1.807, 2.05) is 21.0 Å². The van der Waals surface area contributed by atoms with Crippen LogP contribution in [0.25, 0.3) is 0 Å². The molecule has 1 fully saturated rings. The molecule has 1 aliphatic rings. The van der Waals surface area contributed by atoms with Crippen LogP contribution in [-0.4, -0.2) is 76.2 Å². The Kier molecular flexibility index (Phi) is 7.58. The third kappa shape index (κ3) is 5.40. The fourth-order valence-corrected chi connectivity index (χ4v) is 4.47. The van der Waals surface area contributed by atoms with E-state index in [2.05, 4.69) is 15.5 Å². The van der Waals surface area contributed by atoms with Crippen molar-refractivity contribution in [2.75, 3.05) is 46.5 Å². The molecule has 0 unspecified atom stereocenters. The first kappa shape index (κ1) is 19.2. The first-order valence-electron chi connectivity index (χ1n) is 7.91. The second-order valence-corrected chi connectivity index (χ2v) is 8.16. The first-order valence-corrected chi connectivity index (χ1v) is 9.52. The highest BCUT2D eigenvalue weighted by atomic mass is 32.2. The van der Waals surface area contributed by atoms with Crippen LogP contribution in [0.15, 0.2) is 0 Å². The molecular weight excluding hydrogens is 304 g/mol. The van der Waals surface area contributed by atoms with Gasteiger partial charge in [-0.2, -0.15) is 0 Å². The van der Waals surface area contributed by atoms with Crippen molar-refractivity contribution in [1.82, 2.24) is 19.8 Å². The highest BCUT2D eigenvalue weighted by Gasteiger charge is 2.35. The molecular formula is C14H30N4O3S. The number of likely N-dealkylation sites (N-methyl/N-ethyl adjacent to an activating group) is 1. The number of nitrogens with one attached hydrogen (secondary N) is 2. The predicted molar refractivity (Wildman–Crippen MR) is 88.3 cm³/mol. The van der Waals surface area contributed by atoms with Gasteiger partial charge >= 0.3 is 6.03 Å². The summed E-state index contributed by atoms with van der Waals surface area (Å²) in [6.07, 6.45) is 2.34. The molecule has 2 atom stereocenters. The van der Waals surface area contributed by atoms with Gasteiger partial charge in [0.1, 0.15) is 0 Å². The lowest BCUT2D eigenvalue weighted by Gasteiger charge is -2.41. The number of nitrogens with zero attached hydrogens (tertiary/aromatic N) is 2. The maximum absolute atomic E-state index is 12.4. The maximum Gasteiger partial charge on any atom is 0.314 e. The third-order valence-electron chi connectivity index (χ3n) is 4.25. The van der Waals surface area contributed by atoms with Gasteiger partial charge in [0.2, 0.25) is 10.0 Å². The summed E-state index contributed by atoms with van der Waals surface area (Å²) in [5.41, 5.74) is 0. The summed E-state index contributed by atoms with van der Waals surface area (Å²) in [5, 5.41) is 5.36. The monoisotopic (exact) mass is 334 g/mol. The number of carbonyl (C=O) groups is 1. The van der Waals surface area contributed by atoms with Crippen molar-refractivity contribution in [3.8, 4) is 0 Å². The van der Waals surface area contributed by atoms with Gasteiger partial charge in [-0.15, -0.1) is 0 Å². The largest absolute Gasteiger partial charge is 0.341 e. The van der Waals surface area contributed by atoms with Crippen molar-refractivity contribution >= 4 is 16.1 Å². The van der Waals surface area contributed by atoms with Gasteiger partial charge in [0, 0.05) is 32.7 Å². The molecule has 0 saturated carbocycles. The van der Waals surface area contributed by atoms with Crippen molar-refractivity contribution in [2.24, 2.45) is 5.92 Å². The molecule has 0 aliphatic carbocycles. The van der Waals surface area contributed by atoms with E-state index < -0.39 is 10.0 Å². The second kappa shape index (κ2) is 8.69. The van der Waals surface area contributed by atoms with Crippen LogP contribution in [0, 0.1) is 5.92 Å². The zero-order chi connectivity index (χ0) is 16.8. The molecule has 8 heteroatoms. The Labute approximate surface area is 134 Å². The number of rotatable bonds is 7. The minimum atomic E-state index is -3.16. The normalized spacial score (nSPS) is 23.5. The zero-order valence-electron chi connectivity index (χ0n) is 14.1. The molecule has 0 aromatic carbocycles. The van der Waals surface area contributed by atoms with Crippen molar-refractivity contribution in [3.63, 3.8) is 0 Å². The van der Waals surface area contributed by atoms with Crippen LogP contribution in [0.2, 0.25) is 0 Å². The van der Waals surface area contributed by atoms with Gasteiger partial charge in [0.15, 0.2) is 0 Å². The van der Waals surface area contributed by atoms with Gasteiger partial charge in [-0.1, -0.05) is 13.3 Å². The van der Waals surface area contributed by atoms with Gasteiger partial charge in [0.25, 0.3) is 0 Å². The average molecular weight is 334 g/mol. The Morgan fingerprint density at radius 1 is 1.36 bits per heavy atom. The van der Waals surface area contributed by atoms with Gasteiger partial charge < -0.3 is 15.5 Å². The standard InChI is InChI=1S/C14H30N4O3S/c1-5-6-9-22(20,21)18-8-7-12(10-16-14(19)15-2)13(11-18)17(3)4/h12-13H,5-11H2,1-4H3,(H2,15,16,19)/t12-,13-/m1/s1. The molecule has 0 radical (unpaired) electrons. The van der Waals surface area contributed by atoms with Crippen molar-refractivity contribution in [1.29, 1.82) is 0 Å². The van der Waals surface area contributed by atoms with Crippen LogP contribution >= 0.6 is 0 Å². The molecule has 22 heavy (non-hydrogen) atoms. The Hall–Kier alpha value is -0.860. The number of hydrogen-bond donors (Lipinski definition) is 2. The zero-order valence-corrected chi connectivity index (χ0v) is 14.9. The number of unbranched alkanes of at least 4 members (excludes halogenated alkanes) is 1. The van der Waals surface area contributed by atoms with E-state index in [4.69, 9.17) is 0 Å². The van der Waals surface area contributed by atoms with Gasteiger partial charge in [-0.3, -0.25) is 0 Å². The number of hydrogen-bond acceptors (Lipinski definition) is 4. The van der Waals surface area contributed by atoms with Crippen LogP contribution in [0.3, 0.4) is 0 Å². The predicted octanol–water partition coefficient (Wildman–Crippen LogP) is 0.297. The van der Waals surface area contributed by atoms with E-state index in [1.54, 1.807) is 11.4 Å². The topological polar surface area (TPSA) is 81.8 Å². The Bertz CT molecular complexity index is 453. The number of sulfonamides is 1. The van der Waals surface area contributed by atoms with Crippen LogP contribution in [0.4, 0.5) is 4.79 Å². The minimum absolute atomic E-state index is 0.113. The molecule has 0 bridgehead atoms. The van der Waals surface area contributed by atoms with E-state index >= 15 is 0 Å². The highest BCUT2D eigenvalue weighted by Crippen LogP contribution is 2.23. The molecule has 7 nitrogen and oxygen atoms in total. The Morgan fingerprint density at radius 2 is 2.05 bits per heavy atom. The lowest BCUT2D eigenvalue weighted by molar-refractivity contribution is 0.125. The number of piperidine rings is 1. The average Bonchev–Trinajstić information content (AvgIpc) is 2.50. The number of amides is 2. The summed E-state index contributed by atoms with van der Waals surface area (Å²) < 4.78 is 26.3. The third-order valence-corrected chi connectivity index (χ3v) is 6.17. The SMILES string of the molecule is CCCCS(=O)(=O)N1CC[C@H](CNC(=O)NC)[C@H](N(C)C)C1. The molecule has 2 amide bonds. The highest BCUT2D eigenvalue weighted by molar-refractivity contribution is 7.89. The lowest BCUT2D eigenvalue weighted by atomic mass is 9.92. The second-order valence-electron chi connectivity index (χ2n) is 6.07. The molecule has 1 aliphatic heterocycles. The minimum Gasteiger partial charge on any atom is -0.341 e. The van der Waals surface area contributed by atoms with Gasteiger partial charge in [-0.25, -0.2) is 17.5 Å². The molecule has 1 rings (SSSR count). The summed E-state index contributed by atoms with van der Waals surface area (Å²) in [6, 6.07) is -0.0854. The van der Waals surface area contributed by atoms with E-state index in [9.17, 15) is 13.2 Å². The van der Waals surface area contributed by atoms with Gasteiger partial charge in [-0.05, 0) is 32.9 Å². The fraction of sp³-hybridized carbons (Fsp3) is 0.929. The van der Waals surface area contributed by atoms with Crippen LogP contribution < -0.4 is 10.6 Å². The summed E-state index contributed by atoms with van der Waals surface area (Å²) >= 11 is 0. The molecule has 0 spiro atoms. The molecule has 2 N–H and O–H groups in total. The van der Waals surface area contributed by atoms with Gasteiger partial charge in [0.05, 0.1) is 5.75 Å². The Balaban J connectivity index is 2.68. The molecule has 0 aromatic rings. The van der Waals surface area contributed by atoms with Crippen LogP contribution in [-0.2, 0) is 10.0 Å². The summed E-state index contributed by atoms with van der Waals surface area (Å²) in [4.78, 5) is 13.4. The molecule has 0 aromatic heterocycles. The van der Waals surface area contributed by atoms with Crippen molar-refractivity contribution < 1.29 is 13.2 Å².